The molecular weight excluding hydrogens is 282 g/mol. The van der Waals surface area contributed by atoms with Gasteiger partial charge in [-0.1, -0.05) is 0 Å². The first-order valence-electron chi connectivity index (χ1n) is 5.91. The summed E-state index contributed by atoms with van der Waals surface area (Å²) in [6, 6.07) is 0. The van der Waals surface area contributed by atoms with Crippen molar-refractivity contribution >= 4 is 33.4 Å². The van der Waals surface area contributed by atoms with Crippen molar-refractivity contribution in [3.63, 3.8) is 0 Å². The van der Waals surface area contributed by atoms with Gasteiger partial charge in [0.15, 0.2) is 0 Å². The maximum absolute atomic E-state index is 12.0. The van der Waals surface area contributed by atoms with E-state index in [1.165, 1.54) is 17.7 Å². The van der Waals surface area contributed by atoms with Crippen LogP contribution in [-0.4, -0.2) is 40.1 Å². The molecule has 0 aromatic carbocycles. The van der Waals surface area contributed by atoms with E-state index in [9.17, 15) is 9.59 Å². The number of aryl methyl sites for hydroxylation is 1. The predicted molar refractivity (Wildman–Crippen MR) is 73.3 cm³/mol. The summed E-state index contributed by atoms with van der Waals surface area (Å²) >= 11 is 1.19. The van der Waals surface area contributed by atoms with Gasteiger partial charge in [-0.2, -0.15) is 0 Å². The second-order valence-electron chi connectivity index (χ2n) is 3.92. The molecule has 2 aromatic heterocycles. The largest absolute Gasteiger partial charge is 0.480 e. The zero-order chi connectivity index (χ0) is 14.7. The van der Waals surface area contributed by atoms with Crippen LogP contribution in [0.25, 0.3) is 10.2 Å². The minimum atomic E-state index is -1.09. The van der Waals surface area contributed by atoms with Gasteiger partial charge in [0.2, 0.25) is 5.88 Å². The van der Waals surface area contributed by atoms with Crippen molar-refractivity contribution < 1.29 is 19.4 Å². The smallest absolute Gasteiger partial charge is 0.322 e. The maximum atomic E-state index is 12.0. The SMILES string of the molecule is CCOc1ncnc2sc(C(=O)NCC(=O)O)c(C)c12. The topological polar surface area (TPSA) is 101 Å². The first-order valence-corrected chi connectivity index (χ1v) is 6.73. The molecule has 2 N–H and O–H groups in total. The number of nitrogens with zero attached hydrogens (tertiary/aromatic N) is 2. The number of carbonyl (C=O) groups is 2. The van der Waals surface area contributed by atoms with E-state index in [1.54, 1.807) is 6.92 Å². The van der Waals surface area contributed by atoms with Gasteiger partial charge in [0.25, 0.3) is 5.91 Å². The number of thiophene rings is 1. The first-order chi connectivity index (χ1) is 9.54. The molecule has 7 nitrogen and oxygen atoms in total. The van der Waals surface area contributed by atoms with E-state index in [0.717, 1.165) is 0 Å². The fourth-order valence-corrected chi connectivity index (χ4v) is 2.79. The minimum absolute atomic E-state index is 0.419. The van der Waals surface area contributed by atoms with Gasteiger partial charge < -0.3 is 15.2 Å². The van der Waals surface area contributed by atoms with Crippen molar-refractivity contribution in [2.24, 2.45) is 0 Å². The Morgan fingerprint density at radius 1 is 1.45 bits per heavy atom. The number of carboxylic acids is 1. The monoisotopic (exact) mass is 295 g/mol. The number of hydrogen-bond donors (Lipinski definition) is 2. The van der Waals surface area contributed by atoms with Crippen LogP contribution in [0, 0.1) is 6.92 Å². The van der Waals surface area contributed by atoms with Crippen LogP contribution in [0.5, 0.6) is 5.88 Å². The molecule has 0 saturated heterocycles. The Bertz CT molecular complexity index is 668. The lowest BCUT2D eigenvalue weighted by Crippen LogP contribution is -2.28. The van der Waals surface area contributed by atoms with E-state index in [0.29, 0.717) is 33.1 Å². The molecule has 0 aliphatic rings. The molecule has 0 fully saturated rings. The third-order valence-electron chi connectivity index (χ3n) is 2.58. The molecule has 20 heavy (non-hydrogen) atoms. The fraction of sp³-hybridized carbons (Fsp3) is 0.333. The molecule has 0 saturated carbocycles. The second-order valence-corrected chi connectivity index (χ2v) is 4.92. The highest BCUT2D eigenvalue weighted by Crippen LogP contribution is 2.34. The number of amides is 1. The number of aromatic nitrogens is 2. The Balaban J connectivity index is 2.41. The highest BCUT2D eigenvalue weighted by Gasteiger charge is 2.20. The van der Waals surface area contributed by atoms with E-state index >= 15 is 0 Å². The van der Waals surface area contributed by atoms with Gasteiger partial charge in [-0.05, 0) is 19.4 Å². The molecule has 0 aliphatic heterocycles. The zero-order valence-electron chi connectivity index (χ0n) is 11.0. The maximum Gasteiger partial charge on any atom is 0.322 e. The van der Waals surface area contributed by atoms with Crippen molar-refractivity contribution in [1.29, 1.82) is 0 Å². The van der Waals surface area contributed by atoms with Crippen molar-refractivity contribution in [2.45, 2.75) is 13.8 Å². The van der Waals surface area contributed by atoms with Gasteiger partial charge in [-0.3, -0.25) is 9.59 Å². The average Bonchev–Trinajstić information content (AvgIpc) is 2.75. The van der Waals surface area contributed by atoms with E-state index < -0.39 is 18.4 Å². The van der Waals surface area contributed by atoms with Crippen LogP contribution >= 0.6 is 11.3 Å². The summed E-state index contributed by atoms with van der Waals surface area (Å²) in [5, 5.41) is 11.6. The van der Waals surface area contributed by atoms with E-state index in [-0.39, 0.29) is 0 Å². The molecular formula is C12H13N3O4S. The molecule has 106 valence electrons. The number of ether oxygens (including phenoxy) is 1. The second kappa shape index (κ2) is 5.83. The molecule has 1 amide bonds. The van der Waals surface area contributed by atoms with Crippen molar-refractivity contribution in [3.8, 4) is 5.88 Å². The van der Waals surface area contributed by atoms with Crippen molar-refractivity contribution in [2.75, 3.05) is 13.2 Å². The Morgan fingerprint density at radius 3 is 2.85 bits per heavy atom. The Labute approximate surface area is 118 Å². The molecule has 2 aromatic rings. The third-order valence-corrected chi connectivity index (χ3v) is 3.78. The standard InChI is InChI=1S/C12H13N3O4S/c1-3-19-11-8-6(2)9(10(18)13-4-7(16)17)20-12(8)15-5-14-11/h5H,3-4H2,1-2H3,(H,13,18)(H,16,17). The first kappa shape index (κ1) is 14.2. The zero-order valence-corrected chi connectivity index (χ0v) is 11.8. The number of hydrogen-bond acceptors (Lipinski definition) is 6. The molecule has 0 radical (unpaired) electrons. The van der Waals surface area contributed by atoms with Gasteiger partial charge in [0.1, 0.15) is 17.7 Å². The highest BCUT2D eigenvalue weighted by molar-refractivity contribution is 7.20. The van der Waals surface area contributed by atoms with Crippen LogP contribution in [0.15, 0.2) is 6.33 Å². The van der Waals surface area contributed by atoms with Crippen LogP contribution in [0.2, 0.25) is 0 Å². The Hall–Kier alpha value is -2.22. The molecule has 0 spiro atoms. The minimum Gasteiger partial charge on any atom is -0.480 e. The fourth-order valence-electron chi connectivity index (χ4n) is 1.74. The number of carbonyl (C=O) groups excluding carboxylic acids is 1. The Morgan fingerprint density at radius 2 is 2.20 bits per heavy atom. The normalized spacial score (nSPS) is 10.5. The van der Waals surface area contributed by atoms with Gasteiger partial charge in [0, 0.05) is 0 Å². The van der Waals surface area contributed by atoms with Crippen molar-refractivity contribution in [1.82, 2.24) is 15.3 Å². The predicted octanol–water partition coefficient (Wildman–Crippen LogP) is 1.21. The molecule has 0 bridgehead atoms. The van der Waals surface area contributed by atoms with E-state index in [2.05, 4.69) is 15.3 Å². The third kappa shape index (κ3) is 2.69. The molecule has 0 atom stereocenters. The summed E-state index contributed by atoms with van der Waals surface area (Å²) < 4.78 is 5.42. The average molecular weight is 295 g/mol. The van der Waals surface area contributed by atoms with E-state index in [1.807, 2.05) is 6.92 Å². The van der Waals surface area contributed by atoms with Crippen molar-refractivity contribution in [3.05, 3.63) is 16.8 Å². The number of aliphatic carboxylic acids is 1. The molecule has 0 unspecified atom stereocenters. The summed E-state index contributed by atoms with van der Waals surface area (Å²) in [5.41, 5.74) is 0.692. The van der Waals surface area contributed by atoms with Gasteiger partial charge >= 0.3 is 5.97 Å². The highest BCUT2D eigenvalue weighted by atomic mass is 32.1. The number of fused-ring (bicyclic) bond motifs is 1. The van der Waals surface area contributed by atoms with Crippen LogP contribution in [0.1, 0.15) is 22.2 Å². The van der Waals surface area contributed by atoms with Gasteiger partial charge in [-0.15, -0.1) is 11.3 Å². The Kier molecular flexibility index (Phi) is 4.14. The summed E-state index contributed by atoms with van der Waals surface area (Å²) in [7, 11) is 0. The van der Waals surface area contributed by atoms with Crippen LogP contribution in [0.4, 0.5) is 0 Å². The molecule has 2 heterocycles. The lowest BCUT2D eigenvalue weighted by molar-refractivity contribution is -0.135. The number of nitrogens with one attached hydrogen (secondary N) is 1. The van der Waals surface area contributed by atoms with Crippen LogP contribution in [-0.2, 0) is 4.79 Å². The number of rotatable bonds is 5. The molecule has 2 rings (SSSR count). The lowest BCUT2D eigenvalue weighted by atomic mass is 10.2. The summed E-state index contributed by atoms with van der Waals surface area (Å²) in [4.78, 5) is 31.7. The lowest BCUT2D eigenvalue weighted by Gasteiger charge is -2.03. The molecule has 8 heteroatoms. The van der Waals surface area contributed by atoms with Crippen LogP contribution in [0.3, 0.4) is 0 Å². The molecule has 0 aliphatic carbocycles. The summed E-state index contributed by atoms with van der Waals surface area (Å²) in [5.74, 6) is -1.09. The number of carboxylic acid groups (broad SMARTS) is 1. The summed E-state index contributed by atoms with van der Waals surface area (Å²) in [6.45, 7) is 3.65. The quantitative estimate of drug-likeness (QED) is 0.859. The van der Waals surface area contributed by atoms with Gasteiger partial charge in [-0.25, -0.2) is 9.97 Å². The van der Waals surface area contributed by atoms with E-state index in [4.69, 9.17) is 9.84 Å². The summed E-state index contributed by atoms with van der Waals surface area (Å²) in [6.07, 6.45) is 1.38. The van der Waals surface area contributed by atoms with Gasteiger partial charge in [0.05, 0.1) is 16.9 Å². The van der Waals surface area contributed by atoms with Crippen LogP contribution < -0.4 is 10.1 Å².